The molecule has 2 amide bonds. The third-order valence-electron chi connectivity index (χ3n) is 6.10. The summed E-state index contributed by atoms with van der Waals surface area (Å²) in [7, 11) is 1.45. The van der Waals surface area contributed by atoms with Crippen molar-refractivity contribution in [3.8, 4) is 0 Å². The maximum absolute atomic E-state index is 14.0. The van der Waals surface area contributed by atoms with Gasteiger partial charge < -0.3 is 26.2 Å². The van der Waals surface area contributed by atoms with Gasteiger partial charge >= 0.3 is 0 Å². The molecule has 5 N–H and O–H groups in total. The number of nitrogens with two attached hydrogens (primary N) is 1. The normalized spacial score (nSPS) is 19.6. The molecule has 9 heteroatoms. The summed E-state index contributed by atoms with van der Waals surface area (Å²) in [6.07, 6.45) is 0.132. The van der Waals surface area contributed by atoms with Crippen molar-refractivity contribution in [3.05, 3.63) is 70.3 Å². The molecule has 3 rings (SSSR count). The molecule has 0 bridgehead atoms. The number of carbonyl (C=O) groups excluding carboxylic acids is 2. The van der Waals surface area contributed by atoms with Gasteiger partial charge in [0.2, 0.25) is 5.91 Å². The van der Waals surface area contributed by atoms with Crippen molar-refractivity contribution in [2.24, 2.45) is 5.73 Å². The van der Waals surface area contributed by atoms with Crippen molar-refractivity contribution in [2.45, 2.75) is 50.4 Å². The molecule has 1 heterocycles. The van der Waals surface area contributed by atoms with Crippen LogP contribution < -0.4 is 16.4 Å². The lowest BCUT2D eigenvalue weighted by Crippen LogP contribution is -2.41. The van der Waals surface area contributed by atoms with Crippen molar-refractivity contribution >= 4 is 11.8 Å². The van der Waals surface area contributed by atoms with Gasteiger partial charge in [0.1, 0.15) is 11.6 Å². The van der Waals surface area contributed by atoms with Crippen LogP contribution in [0, 0.1) is 11.6 Å². The fraction of sp³-hybridized carbons (Fsp3) is 0.440. The van der Waals surface area contributed by atoms with Crippen LogP contribution in [0.25, 0.3) is 0 Å². The van der Waals surface area contributed by atoms with E-state index in [2.05, 4.69) is 10.6 Å². The Kier molecular flexibility index (Phi) is 8.71. The molecule has 4 atom stereocenters. The number of primary amides is 1. The van der Waals surface area contributed by atoms with Crippen LogP contribution in [0.2, 0.25) is 0 Å². The van der Waals surface area contributed by atoms with Crippen LogP contribution in [0.4, 0.5) is 8.78 Å². The van der Waals surface area contributed by atoms with Crippen molar-refractivity contribution in [1.82, 2.24) is 10.6 Å². The zero-order valence-electron chi connectivity index (χ0n) is 19.3. The highest BCUT2D eigenvalue weighted by Crippen LogP contribution is 2.34. The summed E-state index contributed by atoms with van der Waals surface area (Å²) in [4.78, 5) is 25.0. The zero-order valence-corrected chi connectivity index (χ0v) is 19.3. The Labute approximate surface area is 197 Å². The van der Waals surface area contributed by atoms with E-state index in [1.54, 1.807) is 0 Å². The van der Waals surface area contributed by atoms with Gasteiger partial charge in [0.25, 0.3) is 5.91 Å². The first-order valence-corrected chi connectivity index (χ1v) is 11.4. The first kappa shape index (κ1) is 25.7. The molecule has 1 aliphatic heterocycles. The number of rotatable bonds is 10. The number of hydrogen-bond donors (Lipinski definition) is 4. The molecule has 34 heavy (non-hydrogen) atoms. The molecule has 0 aliphatic carbocycles. The van der Waals surface area contributed by atoms with Crippen molar-refractivity contribution < 1.29 is 28.2 Å². The highest BCUT2D eigenvalue weighted by Gasteiger charge is 2.38. The molecule has 2 aromatic rings. The van der Waals surface area contributed by atoms with Crippen LogP contribution >= 0.6 is 0 Å². The highest BCUT2D eigenvalue weighted by molar-refractivity contribution is 6.01. The molecule has 7 nitrogen and oxygen atoms in total. The van der Waals surface area contributed by atoms with Gasteiger partial charge in [0, 0.05) is 49.4 Å². The number of halogens is 2. The minimum atomic E-state index is -1.11. The summed E-state index contributed by atoms with van der Waals surface area (Å²) in [5, 5.41) is 17.3. The second kappa shape index (κ2) is 11.5. The molecule has 2 aromatic carbocycles. The van der Waals surface area contributed by atoms with Gasteiger partial charge in [0.15, 0.2) is 0 Å². The second-order valence-corrected chi connectivity index (χ2v) is 8.53. The number of aliphatic hydroxyl groups is 1. The number of aliphatic hydroxyl groups excluding tert-OH is 1. The largest absolute Gasteiger partial charge is 0.391 e. The summed E-state index contributed by atoms with van der Waals surface area (Å²) < 4.78 is 33.7. The molecule has 0 unspecified atom stereocenters. The van der Waals surface area contributed by atoms with E-state index in [0.29, 0.717) is 19.6 Å². The zero-order chi connectivity index (χ0) is 24.8. The van der Waals surface area contributed by atoms with Crippen LogP contribution in [-0.4, -0.2) is 55.4 Å². The van der Waals surface area contributed by atoms with Crippen LogP contribution in [0.1, 0.15) is 57.5 Å². The molecule has 0 saturated carbocycles. The minimum absolute atomic E-state index is 0.0250. The van der Waals surface area contributed by atoms with Gasteiger partial charge in [-0.15, -0.1) is 0 Å². The van der Waals surface area contributed by atoms with Crippen molar-refractivity contribution in [1.29, 1.82) is 0 Å². The number of hydrogen-bond acceptors (Lipinski definition) is 5. The maximum Gasteiger partial charge on any atom is 0.251 e. The van der Waals surface area contributed by atoms with Gasteiger partial charge in [-0.3, -0.25) is 9.59 Å². The van der Waals surface area contributed by atoms with E-state index >= 15 is 0 Å². The van der Waals surface area contributed by atoms with Crippen molar-refractivity contribution in [2.75, 3.05) is 20.2 Å². The van der Waals surface area contributed by atoms with Crippen LogP contribution in [-0.2, 0) is 11.2 Å². The average molecular weight is 476 g/mol. The molecule has 1 saturated heterocycles. The van der Waals surface area contributed by atoms with Crippen LogP contribution in [0.5, 0.6) is 0 Å². The molecule has 0 radical (unpaired) electrons. The number of benzene rings is 2. The Morgan fingerprint density at radius 3 is 2.53 bits per heavy atom. The van der Waals surface area contributed by atoms with Gasteiger partial charge in [-0.2, -0.15) is 0 Å². The fourth-order valence-electron chi connectivity index (χ4n) is 4.57. The average Bonchev–Trinajstić information content (AvgIpc) is 3.28. The number of ether oxygens (including phenoxy) is 1. The predicted molar refractivity (Wildman–Crippen MR) is 124 cm³/mol. The molecule has 0 spiro atoms. The maximum atomic E-state index is 14.0. The van der Waals surface area contributed by atoms with Gasteiger partial charge in [-0.25, -0.2) is 8.78 Å². The Bertz CT molecular complexity index is 1010. The first-order chi connectivity index (χ1) is 16.2. The van der Waals surface area contributed by atoms with E-state index in [-0.39, 0.29) is 34.8 Å². The Morgan fingerprint density at radius 2 is 1.91 bits per heavy atom. The van der Waals surface area contributed by atoms with E-state index < -0.39 is 41.5 Å². The van der Waals surface area contributed by atoms with Gasteiger partial charge in [0.05, 0.1) is 12.2 Å². The second-order valence-electron chi connectivity index (χ2n) is 8.53. The number of amides is 2. The number of nitrogens with one attached hydrogen (secondary N) is 2. The molecule has 0 aromatic heterocycles. The SMILES string of the molecule is CCCO[C@H]1CN[C@@H]([C@H](O)[C@@H](Cc2cc(F)cc(F)c2)c2c(C(N)=O)cccc2C(=O)NC)C1. The Balaban J connectivity index is 2.07. The Morgan fingerprint density at radius 1 is 1.24 bits per heavy atom. The van der Waals surface area contributed by atoms with E-state index in [1.807, 2.05) is 6.92 Å². The van der Waals surface area contributed by atoms with Crippen LogP contribution in [0.15, 0.2) is 36.4 Å². The summed E-state index contributed by atoms with van der Waals surface area (Å²) in [5.41, 5.74) is 6.38. The third-order valence-corrected chi connectivity index (χ3v) is 6.10. The van der Waals surface area contributed by atoms with E-state index in [9.17, 15) is 23.5 Å². The molecule has 184 valence electrons. The van der Waals surface area contributed by atoms with Gasteiger partial charge in [-0.05, 0) is 54.7 Å². The third kappa shape index (κ3) is 5.97. The monoisotopic (exact) mass is 475 g/mol. The smallest absolute Gasteiger partial charge is 0.251 e. The molecular weight excluding hydrogens is 444 g/mol. The van der Waals surface area contributed by atoms with Crippen molar-refractivity contribution in [3.63, 3.8) is 0 Å². The summed E-state index contributed by atoms with van der Waals surface area (Å²) in [5.74, 6) is -3.62. The number of carbonyl (C=O) groups is 2. The van der Waals surface area contributed by atoms with Crippen LogP contribution in [0.3, 0.4) is 0 Å². The first-order valence-electron chi connectivity index (χ1n) is 11.4. The van der Waals surface area contributed by atoms with Gasteiger partial charge in [-0.1, -0.05) is 13.0 Å². The lowest BCUT2D eigenvalue weighted by Gasteiger charge is -2.31. The predicted octanol–water partition coefficient (Wildman–Crippen LogP) is 2.27. The summed E-state index contributed by atoms with van der Waals surface area (Å²) >= 11 is 0. The summed E-state index contributed by atoms with van der Waals surface area (Å²) in [6.45, 7) is 3.12. The quantitative estimate of drug-likeness (QED) is 0.421. The van der Waals surface area contributed by atoms with E-state index in [4.69, 9.17) is 10.5 Å². The molecule has 1 aliphatic rings. The minimum Gasteiger partial charge on any atom is -0.391 e. The lowest BCUT2D eigenvalue weighted by molar-refractivity contribution is 0.0550. The summed E-state index contributed by atoms with van der Waals surface area (Å²) in [6, 6.07) is 7.21. The topological polar surface area (TPSA) is 114 Å². The van der Waals surface area contributed by atoms with E-state index in [0.717, 1.165) is 12.5 Å². The standard InChI is InChI=1S/C25H31F2N3O4/c1-3-7-34-17-12-21(30-13-17)23(31)20(10-14-8-15(26)11-16(27)9-14)22-18(24(28)32)5-4-6-19(22)25(33)29-2/h4-6,8-9,11,17,20-21,23,30-31H,3,7,10,12-13H2,1-2H3,(H2,28,32)(H,29,33)/t17-,20+,21-,23-/m1/s1. The van der Waals surface area contributed by atoms with E-state index in [1.165, 1.54) is 37.4 Å². The lowest BCUT2D eigenvalue weighted by atomic mass is 9.79. The Hall–Kier alpha value is -2.88. The fourth-order valence-corrected chi connectivity index (χ4v) is 4.57. The molecule has 1 fully saturated rings. The highest BCUT2D eigenvalue weighted by atomic mass is 19.1. The molecular formula is C25H31F2N3O4.